The van der Waals surface area contributed by atoms with Gasteiger partial charge in [0.1, 0.15) is 0 Å². The molecule has 1 heterocycles. The number of hydrogen-bond donors (Lipinski definition) is 2. The SMILES string of the molecule is CCNC(=O)c1cccc(NC(=O)COC(=O)c2ccco2)c1. The largest absolute Gasteiger partial charge is 0.457 e. The van der Waals surface area contributed by atoms with Gasteiger partial charge in [0.15, 0.2) is 6.61 Å². The van der Waals surface area contributed by atoms with E-state index in [1.807, 2.05) is 6.92 Å². The maximum atomic E-state index is 11.8. The molecule has 0 bridgehead atoms. The normalized spacial score (nSPS) is 9.96. The first-order valence-corrected chi connectivity index (χ1v) is 6.99. The number of carbonyl (C=O) groups is 3. The predicted molar refractivity (Wildman–Crippen MR) is 82.1 cm³/mol. The number of carbonyl (C=O) groups excluding carboxylic acids is 3. The third-order valence-corrected chi connectivity index (χ3v) is 2.80. The number of anilines is 1. The summed E-state index contributed by atoms with van der Waals surface area (Å²) in [6, 6.07) is 9.44. The number of hydrogen-bond acceptors (Lipinski definition) is 5. The van der Waals surface area contributed by atoms with Gasteiger partial charge in [0.05, 0.1) is 6.26 Å². The molecule has 0 saturated heterocycles. The second kappa shape index (κ2) is 7.79. The zero-order chi connectivity index (χ0) is 16.7. The number of benzene rings is 1. The first-order valence-electron chi connectivity index (χ1n) is 6.99. The summed E-state index contributed by atoms with van der Waals surface area (Å²) in [5.74, 6) is -1.44. The Hall–Kier alpha value is -3.09. The van der Waals surface area contributed by atoms with Crippen LogP contribution < -0.4 is 10.6 Å². The van der Waals surface area contributed by atoms with Crippen molar-refractivity contribution >= 4 is 23.5 Å². The molecule has 2 N–H and O–H groups in total. The Morgan fingerprint density at radius 3 is 2.70 bits per heavy atom. The highest BCUT2D eigenvalue weighted by atomic mass is 16.5. The van der Waals surface area contributed by atoms with Crippen LogP contribution in [0.1, 0.15) is 27.8 Å². The highest BCUT2D eigenvalue weighted by molar-refractivity contribution is 5.98. The minimum atomic E-state index is -0.721. The lowest BCUT2D eigenvalue weighted by Crippen LogP contribution is -2.23. The van der Waals surface area contributed by atoms with Crippen molar-refractivity contribution in [1.29, 1.82) is 0 Å². The molecule has 7 nitrogen and oxygen atoms in total. The van der Waals surface area contributed by atoms with Crippen molar-refractivity contribution in [2.24, 2.45) is 0 Å². The fraction of sp³-hybridized carbons (Fsp3) is 0.188. The molecule has 0 spiro atoms. The summed E-state index contributed by atoms with van der Waals surface area (Å²) in [4.78, 5) is 35.0. The molecule has 1 aromatic carbocycles. The number of ether oxygens (including phenoxy) is 1. The zero-order valence-electron chi connectivity index (χ0n) is 12.5. The van der Waals surface area contributed by atoms with Gasteiger partial charge in [-0.25, -0.2) is 4.79 Å². The van der Waals surface area contributed by atoms with E-state index in [1.54, 1.807) is 24.3 Å². The Morgan fingerprint density at radius 1 is 1.17 bits per heavy atom. The third kappa shape index (κ3) is 4.70. The Labute approximate surface area is 132 Å². The fourth-order valence-corrected chi connectivity index (χ4v) is 1.79. The molecule has 2 aromatic rings. The lowest BCUT2D eigenvalue weighted by Gasteiger charge is -2.08. The summed E-state index contributed by atoms with van der Waals surface area (Å²) in [7, 11) is 0. The van der Waals surface area contributed by atoms with Crippen molar-refractivity contribution in [2.45, 2.75) is 6.92 Å². The first-order chi connectivity index (χ1) is 11.1. The van der Waals surface area contributed by atoms with Crippen molar-refractivity contribution in [3.63, 3.8) is 0 Å². The summed E-state index contributed by atoms with van der Waals surface area (Å²) in [6.07, 6.45) is 1.34. The van der Waals surface area contributed by atoms with Gasteiger partial charge in [-0.1, -0.05) is 6.07 Å². The minimum Gasteiger partial charge on any atom is -0.457 e. The van der Waals surface area contributed by atoms with Crippen LogP contribution in [0, 0.1) is 0 Å². The smallest absolute Gasteiger partial charge is 0.374 e. The second-order valence-electron chi connectivity index (χ2n) is 4.54. The van der Waals surface area contributed by atoms with Gasteiger partial charge in [-0.3, -0.25) is 9.59 Å². The molecule has 0 saturated carbocycles. The van der Waals surface area contributed by atoms with Gasteiger partial charge in [-0.15, -0.1) is 0 Å². The maximum Gasteiger partial charge on any atom is 0.374 e. The number of furan rings is 1. The summed E-state index contributed by atoms with van der Waals surface area (Å²) < 4.78 is 9.67. The van der Waals surface area contributed by atoms with Gasteiger partial charge in [0.2, 0.25) is 5.76 Å². The molecule has 0 aliphatic heterocycles. The molecule has 0 aliphatic rings. The number of amides is 2. The van der Waals surface area contributed by atoms with Crippen LogP contribution in [-0.4, -0.2) is 30.9 Å². The van der Waals surface area contributed by atoms with E-state index in [-0.39, 0.29) is 11.7 Å². The lowest BCUT2D eigenvalue weighted by atomic mass is 10.2. The minimum absolute atomic E-state index is 0.0241. The summed E-state index contributed by atoms with van der Waals surface area (Å²) >= 11 is 0. The Kier molecular flexibility index (Phi) is 5.51. The third-order valence-electron chi connectivity index (χ3n) is 2.80. The van der Waals surface area contributed by atoms with E-state index in [1.165, 1.54) is 18.4 Å². The lowest BCUT2D eigenvalue weighted by molar-refractivity contribution is -0.119. The molecular formula is C16H16N2O5. The molecule has 0 atom stereocenters. The highest BCUT2D eigenvalue weighted by Gasteiger charge is 2.13. The molecule has 0 fully saturated rings. The summed E-state index contributed by atoms with van der Waals surface area (Å²) in [6.45, 7) is 1.87. The first kappa shape index (κ1) is 16.3. The van der Waals surface area contributed by atoms with E-state index in [2.05, 4.69) is 10.6 Å². The van der Waals surface area contributed by atoms with E-state index in [0.717, 1.165) is 0 Å². The average Bonchev–Trinajstić information content (AvgIpc) is 3.07. The van der Waals surface area contributed by atoms with Crippen LogP contribution in [0.25, 0.3) is 0 Å². The van der Waals surface area contributed by atoms with Gasteiger partial charge in [-0.2, -0.15) is 0 Å². The molecule has 0 aliphatic carbocycles. The standard InChI is InChI=1S/C16H16N2O5/c1-2-17-15(20)11-5-3-6-12(9-11)18-14(19)10-23-16(21)13-7-4-8-22-13/h3-9H,2,10H2,1H3,(H,17,20)(H,18,19). The van der Waals surface area contributed by atoms with Crippen molar-refractivity contribution in [3.8, 4) is 0 Å². The van der Waals surface area contributed by atoms with Crippen LogP contribution in [0.15, 0.2) is 47.1 Å². The molecule has 1 aromatic heterocycles. The predicted octanol–water partition coefficient (Wildman–Crippen LogP) is 1.82. The molecule has 23 heavy (non-hydrogen) atoms. The van der Waals surface area contributed by atoms with Crippen LogP contribution in [0.2, 0.25) is 0 Å². The second-order valence-corrected chi connectivity index (χ2v) is 4.54. The molecular weight excluding hydrogens is 300 g/mol. The molecule has 7 heteroatoms. The van der Waals surface area contributed by atoms with Crippen LogP contribution in [0.5, 0.6) is 0 Å². The van der Waals surface area contributed by atoms with Crippen LogP contribution in [0.3, 0.4) is 0 Å². The molecule has 0 radical (unpaired) electrons. The van der Waals surface area contributed by atoms with E-state index in [4.69, 9.17) is 9.15 Å². The van der Waals surface area contributed by atoms with Crippen molar-refractivity contribution in [1.82, 2.24) is 5.32 Å². The van der Waals surface area contributed by atoms with E-state index < -0.39 is 18.5 Å². The summed E-state index contributed by atoms with van der Waals surface area (Å²) in [5, 5.41) is 5.22. The Morgan fingerprint density at radius 2 is 2.00 bits per heavy atom. The number of rotatable bonds is 6. The van der Waals surface area contributed by atoms with E-state index in [9.17, 15) is 14.4 Å². The average molecular weight is 316 g/mol. The number of nitrogens with one attached hydrogen (secondary N) is 2. The van der Waals surface area contributed by atoms with Gasteiger partial charge in [-0.05, 0) is 37.3 Å². The van der Waals surface area contributed by atoms with Crippen LogP contribution in [-0.2, 0) is 9.53 Å². The van der Waals surface area contributed by atoms with Crippen molar-refractivity contribution < 1.29 is 23.5 Å². The summed E-state index contributed by atoms with van der Waals surface area (Å²) in [5.41, 5.74) is 0.866. The zero-order valence-corrected chi connectivity index (χ0v) is 12.5. The molecule has 2 amide bonds. The van der Waals surface area contributed by atoms with Crippen LogP contribution in [0.4, 0.5) is 5.69 Å². The Balaban J connectivity index is 1.89. The van der Waals surface area contributed by atoms with Gasteiger partial charge < -0.3 is 19.8 Å². The quantitative estimate of drug-likeness (QED) is 0.792. The van der Waals surface area contributed by atoms with Gasteiger partial charge >= 0.3 is 5.97 Å². The topological polar surface area (TPSA) is 97.6 Å². The van der Waals surface area contributed by atoms with Gasteiger partial charge in [0, 0.05) is 17.8 Å². The molecule has 120 valence electrons. The van der Waals surface area contributed by atoms with Crippen molar-refractivity contribution in [3.05, 3.63) is 54.0 Å². The monoisotopic (exact) mass is 316 g/mol. The van der Waals surface area contributed by atoms with Crippen LogP contribution >= 0.6 is 0 Å². The number of esters is 1. The highest BCUT2D eigenvalue weighted by Crippen LogP contribution is 2.11. The molecule has 0 unspecified atom stereocenters. The van der Waals surface area contributed by atoms with Crippen molar-refractivity contribution in [2.75, 3.05) is 18.5 Å². The van der Waals surface area contributed by atoms with E-state index in [0.29, 0.717) is 17.8 Å². The van der Waals surface area contributed by atoms with Gasteiger partial charge in [0.25, 0.3) is 11.8 Å². The Bertz CT molecular complexity index is 694. The fourth-order valence-electron chi connectivity index (χ4n) is 1.79. The molecule has 2 rings (SSSR count). The maximum absolute atomic E-state index is 11.8. The van der Waals surface area contributed by atoms with E-state index >= 15 is 0 Å².